The van der Waals surface area contributed by atoms with Gasteiger partial charge in [-0.3, -0.25) is 0 Å². The fourth-order valence-corrected chi connectivity index (χ4v) is 2.05. The highest BCUT2D eigenvalue weighted by molar-refractivity contribution is 4.93. The Labute approximate surface area is 69.3 Å². The predicted molar refractivity (Wildman–Crippen MR) is 46.7 cm³/mol. The van der Waals surface area contributed by atoms with Gasteiger partial charge in [0.1, 0.15) is 0 Å². The van der Waals surface area contributed by atoms with E-state index in [2.05, 4.69) is 12.2 Å². The predicted octanol–water partition coefficient (Wildman–Crippen LogP) is 1.55. The van der Waals surface area contributed by atoms with Crippen LogP contribution in [0.5, 0.6) is 0 Å². The van der Waals surface area contributed by atoms with Crippen molar-refractivity contribution in [2.45, 2.75) is 44.2 Å². The molecule has 1 saturated carbocycles. The van der Waals surface area contributed by atoms with Crippen molar-refractivity contribution in [2.75, 3.05) is 14.2 Å². The first kappa shape index (κ1) is 9.01. The molecule has 0 aliphatic heterocycles. The van der Waals surface area contributed by atoms with Gasteiger partial charge < -0.3 is 10.1 Å². The van der Waals surface area contributed by atoms with Gasteiger partial charge in [0.25, 0.3) is 0 Å². The van der Waals surface area contributed by atoms with Crippen LogP contribution in [0.15, 0.2) is 0 Å². The number of likely N-dealkylation sites (N-methyl/N-ethyl adjacent to an activating group) is 1. The number of rotatable bonds is 3. The van der Waals surface area contributed by atoms with Crippen molar-refractivity contribution in [3.05, 3.63) is 0 Å². The lowest BCUT2D eigenvalue weighted by Gasteiger charge is -2.33. The zero-order valence-electron chi connectivity index (χ0n) is 7.81. The van der Waals surface area contributed by atoms with Crippen molar-refractivity contribution in [2.24, 2.45) is 0 Å². The molecule has 0 bridgehead atoms. The standard InChI is InChI=1S/C9H19NO/c1-8(10-2)9(11-3)6-4-5-7-9/h8,10H,4-7H2,1-3H3. The molecule has 0 aromatic rings. The Kier molecular flexibility index (Phi) is 2.90. The van der Waals surface area contributed by atoms with Crippen LogP contribution in [0.3, 0.4) is 0 Å². The van der Waals surface area contributed by atoms with Crippen LogP contribution in [0, 0.1) is 0 Å². The summed E-state index contributed by atoms with van der Waals surface area (Å²) in [7, 11) is 3.84. The summed E-state index contributed by atoms with van der Waals surface area (Å²) in [6, 6.07) is 0.481. The summed E-state index contributed by atoms with van der Waals surface area (Å²) in [4.78, 5) is 0. The molecule has 0 heterocycles. The van der Waals surface area contributed by atoms with E-state index >= 15 is 0 Å². The van der Waals surface area contributed by atoms with Crippen LogP contribution in [0.1, 0.15) is 32.6 Å². The third kappa shape index (κ3) is 1.57. The van der Waals surface area contributed by atoms with E-state index in [9.17, 15) is 0 Å². The Bertz CT molecular complexity index is 119. The Hall–Kier alpha value is -0.0800. The third-order valence-electron chi connectivity index (χ3n) is 3.08. The summed E-state index contributed by atoms with van der Waals surface area (Å²) < 4.78 is 5.59. The first-order chi connectivity index (χ1) is 5.25. The molecule has 1 aliphatic carbocycles. The van der Waals surface area contributed by atoms with E-state index in [4.69, 9.17) is 4.74 Å². The van der Waals surface area contributed by atoms with Crippen molar-refractivity contribution < 1.29 is 4.74 Å². The fraction of sp³-hybridized carbons (Fsp3) is 1.00. The molecule has 0 aromatic heterocycles. The van der Waals surface area contributed by atoms with Crippen LogP contribution >= 0.6 is 0 Å². The molecule has 1 N–H and O–H groups in total. The number of methoxy groups -OCH3 is 1. The van der Waals surface area contributed by atoms with Gasteiger partial charge in [-0.15, -0.1) is 0 Å². The van der Waals surface area contributed by atoms with Gasteiger partial charge in [-0.05, 0) is 26.8 Å². The SMILES string of the molecule is CNC(C)C1(OC)CCCC1. The summed E-state index contributed by atoms with van der Waals surface area (Å²) >= 11 is 0. The van der Waals surface area contributed by atoms with E-state index in [0.717, 1.165) is 0 Å². The molecule has 2 nitrogen and oxygen atoms in total. The molecule has 0 spiro atoms. The molecule has 0 amide bonds. The quantitative estimate of drug-likeness (QED) is 0.671. The molecule has 1 aliphatic rings. The van der Waals surface area contributed by atoms with E-state index in [1.54, 1.807) is 0 Å². The number of hydrogen-bond donors (Lipinski definition) is 1. The average Bonchev–Trinajstić information content (AvgIpc) is 2.52. The Balaban J connectivity index is 2.58. The van der Waals surface area contributed by atoms with Crippen molar-refractivity contribution in [3.63, 3.8) is 0 Å². The fourth-order valence-electron chi connectivity index (χ4n) is 2.05. The molecule has 66 valence electrons. The normalized spacial score (nSPS) is 25.4. The average molecular weight is 157 g/mol. The van der Waals surface area contributed by atoms with Crippen LogP contribution in [-0.2, 0) is 4.74 Å². The van der Waals surface area contributed by atoms with Crippen molar-refractivity contribution >= 4 is 0 Å². The minimum Gasteiger partial charge on any atom is -0.377 e. The van der Waals surface area contributed by atoms with Crippen LogP contribution < -0.4 is 5.32 Å². The molecule has 1 atom stereocenters. The lowest BCUT2D eigenvalue weighted by molar-refractivity contribution is -0.0288. The Morgan fingerprint density at radius 3 is 2.27 bits per heavy atom. The maximum Gasteiger partial charge on any atom is 0.0828 e. The van der Waals surface area contributed by atoms with Crippen molar-refractivity contribution in [1.29, 1.82) is 0 Å². The number of nitrogens with one attached hydrogen (secondary N) is 1. The summed E-state index contributed by atoms with van der Waals surface area (Å²) in [6.07, 6.45) is 5.07. The highest BCUT2D eigenvalue weighted by Crippen LogP contribution is 2.35. The lowest BCUT2D eigenvalue weighted by Crippen LogP contribution is -2.47. The molecule has 1 unspecified atom stereocenters. The molecule has 2 heteroatoms. The van der Waals surface area contributed by atoms with Crippen LogP contribution in [0.25, 0.3) is 0 Å². The molecule has 0 saturated heterocycles. The van der Waals surface area contributed by atoms with E-state index in [0.29, 0.717) is 6.04 Å². The molecule has 1 rings (SSSR count). The minimum absolute atomic E-state index is 0.134. The van der Waals surface area contributed by atoms with Gasteiger partial charge in [-0.25, -0.2) is 0 Å². The second kappa shape index (κ2) is 3.55. The van der Waals surface area contributed by atoms with Crippen LogP contribution in [0.4, 0.5) is 0 Å². The Morgan fingerprint density at radius 1 is 1.36 bits per heavy atom. The lowest BCUT2D eigenvalue weighted by atomic mass is 9.93. The topological polar surface area (TPSA) is 21.3 Å². The van der Waals surface area contributed by atoms with Crippen LogP contribution in [-0.4, -0.2) is 25.8 Å². The van der Waals surface area contributed by atoms with Gasteiger partial charge in [0.2, 0.25) is 0 Å². The van der Waals surface area contributed by atoms with Gasteiger partial charge in [0, 0.05) is 13.2 Å². The van der Waals surface area contributed by atoms with Gasteiger partial charge in [0.05, 0.1) is 5.60 Å². The number of ether oxygens (including phenoxy) is 1. The smallest absolute Gasteiger partial charge is 0.0828 e. The largest absolute Gasteiger partial charge is 0.377 e. The van der Waals surface area contributed by atoms with E-state index in [1.807, 2.05) is 14.2 Å². The summed E-state index contributed by atoms with van der Waals surface area (Å²) in [6.45, 7) is 2.20. The van der Waals surface area contributed by atoms with Gasteiger partial charge in [0.15, 0.2) is 0 Å². The molecule has 11 heavy (non-hydrogen) atoms. The second-order valence-electron chi connectivity index (χ2n) is 3.49. The zero-order valence-corrected chi connectivity index (χ0v) is 7.81. The maximum absolute atomic E-state index is 5.59. The van der Waals surface area contributed by atoms with Gasteiger partial charge >= 0.3 is 0 Å². The van der Waals surface area contributed by atoms with Gasteiger partial charge in [-0.2, -0.15) is 0 Å². The maximum atomic E-state index is 5.59. The molecule has 0 radical (unpaired) electrons. The first-order valence-electron chi connectivity index (χ1n) is 4.47. The summed E-state index contributed by atoms with van der Waals surface area (Å²) in [5, 5.41) is 3.27. The van der Waals surface area contributed by atoms with Crippen molar-refractivity contribution in [3.8, 4) is 0 Å². The number of hydrogen-bond acceptors (Lipinski definition) is 2. The first-order valence-corrected chi connectivity index (χ1v) is 4.47. The minimum atomic E-state index is 0.134. The second-order valence-corrected chi connectivity index (χ2v) is 3.49. The highest BCUT2D eigenvalue weighted by atomic mass is 16.5. The molecule has 1 fully saturated rings. The molecule has 0 aromatic carbocycles. The van der Waals surface area contributed by atoms with Crippen LogP contribution in [0.2, 0.25) is 0 Å². The van der Waals surface area contributed by atoms with E-state index < -0.39 is 0 Å². The molecular formula is C9H19NO. The Morgan fingerprint density at radius 2 is 1.91 bits per heavy atom. The zero-order chi connectivity index (χ0) is 8.32. The third-order valence-corrected chi connectivity index (χ3v) is 3.08. The van der Waals surface area contributed by atoms with E-state index in [1.165, 1.54) is 25.7 Å². The summed E-state index contributed by atoms with van der Waals surface area (Å²) in [5.74, 6) is 0. The molecular weight excluding hydrogens is 138 g/mol. The van der Waals surface area contributed by atoms with Crippen molar-refractivity contribution in [1.82, 2.24) is 5.32 Å². The monoisotopic (exact) mass is 157 g/mol. The van der Waals surface area contributed by atoms with E-state index in [-0.39, 0.29) is 5.60 Å². The van der Waals surface area contributed by atoms with Gasteiger partial charge in [-0.1, -0.05) is 12.8 Å². The summed E-state index contributed by atoms with van der Waals surface area (Å²) in [5.41, 5.74) is 0.134. The highest BCUT2D eigenvalue weighted by Gasteiger charge is 2.38.